The summed E-state index contributed by atoms with van der Waals surface area (Å²) in [6, 6.07) is 11.2. The Balaban J connectivity index is 2.08. The highest BCUT2D eigenvalue weighted by atomic mass is 32.2. The van der Waals surface area contributed by atoms with E-state index >= 15 is 0 Å². The summed E-state index contributed by atoms with van der Waals surface area (Å²) < 4.78 is 16.8. The van der Waals surface area contributed by atoms with Gasteiger partial charge >= 0.3 is 0 Å². The Hall–Kier alpha value is -2.70. The molecule has 2 amide bonds. The lowest BCUT2D eigenvalue weighted by atomic mass is 9.82. The van der Waals surface area contributed by atoms with Gasteiger partial charge in [-0.3, -0.25) is 14.6 Å². The summed E-state index contributed by atoms with van der Waals surface area (Å²) in [5.74, 6) is 0.615. The van der Waals surface area contributed by atoms with Gasteiger partial charge in [-0.05, 0) is 48.6 Å². The molecule has 0 saturated carbocycles. The largest absolute Gasteiger partial charge is 0.497 e. The summed E-state index contributed by atoms with van der Waals surface area (Å²) in [7, 11) is 3.07. The molecule has 0 aliphatic carbocycles. The normalized spacial score (nSPS) is 24.7. The second-order valence-corrected chi connectivity index (χ2v) is 12.3. The van der Waals surface area contributed by atoms with Crippen LogP contribution in [0.3, 0.4) is 0 Å². The summed E-state index contributed by atoms with van der Waals surface area (Å²) >= 11 is 1.47. The van der Waals surface area contributed by atoms with E-state index in [1.54, 1.807) is 24.4 Å². The molecular weight excluding hydrogens is 570 g/mol. The fourth-order valence-electron chi connectivity index (χ4n) is 5.40. The van der Waals surface area contributed by atoms with E-state index in [0.717, 1.165) is 10.5 Å². The van der Waals surface area contributed by atoms with Crippen LogP contribution in [0.5, 0.6) is 5.75 Å². The number of ether oxygens (including phenoxy) is 3. The Labute approximate surface area is 259 Å². The van der Waals surface area contributed by atoms with Crippen LogP contribution in [0.2, 0.25) is 0 Å². The van der Waals surface area contributed by atoms with Gasteiger partial charge in [-0.1, -0.05) is 26.0 Å². The Bertz CT molecular complexity index is 1140. The highest BCUT2D eigenvalue weighted by Gasteiger charge is 2.37. The molecule has 238 valence electrons. The molecule has 0 unspecified atom stereocenters. The van der Waals surface area contributed by atoms with Crippen LogP contribution in [0.4, 0.5) is 0 Å². The average Bonchev–Trinajstić information content (AvgIpc) is 3.01. The minimum atomic E-state index is -1.24. The Morgan fingerprint density at radius 1 is 1.12 bits per heavy atom. The van der Waals surface area contributed by atoms with Gasteiger partial charge in [-0.15, -0.1) is 11.8 Å². The molecule has 11 heteroatoms. The SMILES string of the molecule is COc1cccc([C@@H]2[C@@H](C(C)C)CN(C(C)=O)C[C@H](OC)[C@@H](O)[C@@H](O)COCCCCN2C(=O)CSc2ccncc2)c1. The highest BCUT2D eigenvalue weighted by molar-refractivity contribution is 8.00. The topological polar surface area (TPSA) is 122 Å². The van der Waals surface area contributed by atoms with Gasteiger partial charge in [-0.2, -0.15) is 0 Å². The monoisotopic (exact) mass is 617 g/mol. The van der Waals surface area contributed by atoms with Crippen molar-refractivity contribution in [3.05, 3.63) is 54.4 Å². The van der Waals surface area contributed by atoms with Crippen molar-refractivity contribution in [3.63, 3.8) is 0 Å². The zero-order valence-corrected chi connectivity index (χ0v) is 26.7. The molecule has 0 radical (unpaired) electrons. The zero-order valence-electron chi connectivity index (χ0n) is 25.9. The zero-order chi connectivity index (χ0) is 31.4. The lowest BCUT2D eigenvalue weighted by Gasteiger charge is -2.42. The van der Waals surface area contributed by atoms with Gasteiger partial charge in [0.05, 0.1) is 25.5 Å². The lowest BCUT2D eigenvalue weighted by molar-refractivity contribution is -0.139. The molecule has 10 nitrogen and oxygen atoms in total. The number of nitrogens with zero attached hydrogens (tertiary/aromatic N) is 3. The van der Waals surface area contributed by atoms with Crippen molar-refractivity contribution in [2.24, 2.45) is 11.8 Å². The van der Waals surface area contributed by atoms with E-state index in [2.05, 4.69) is 18.8 Å². The standard InChI is InChI=1S/C32H47N3O7S/c1-22(2)27-18-34(23(3)36)19-29(41-5)32(39)28(37)20-42-16-7-6-15-35(30(38)21-43-26-11-13-33-14-12-26)31(27)24-9-8-10-25(17-24)40-4/h8-14,17,22,27-29,31-32,37,39H,6-7,15-16,18-21H2,1-5H3/t27-,28+,29+,31-,32+/m1/s1. The molecule has 1 aliphatic rings. The fraction of sp³-hybridized carbons (Fsp3) is 0.594. The number of methoxy groups -OCH3 is 2. The van der Waals surface area contributed by atoms with Crippen LogP contribution >= 0.6 is 11.8 Å². The van der Waals surface area contributed by atoms with Crippen LogP contribution in [0.25, 0.3) is 0 Å². The van der Waals surface area contributed by atoms with Crippen LogP contribution in [0.1, 0.15) is 45.2 Å². The molecule has 1 saturated heterocycles. The lowest BCUT2D eigenvalue weighted by Crippen LogP contribution is -2.51. The summed E-state index contributed by atoms with van der Waals surface area (Å²) in [4.78, 5) is 35.8. The maximum atomic E-state index is 14.1. The predicted molar refractivity (Wildman–Crippen MR) is 166 cm³/mol. The van der Waals surface area contributed by atoms with Gasteiger partial charge in [0.2, 0.25) is 11.8 Å². The minimum Gasteiger partial charge on any atom is -0.497 e. The first kappa shape index (κ1) is 34.8. The number of rotatable bonds is 7. The third-order valence-electron chi connectivity index (χ3n) is 7.95. The molecule has 43 heavy (non-hydrogen) atoms. The van der Waals surface area contributed by atoms with Crippen molar-refractivity contribution in [1.82, 2.24) is 14.8 Å². The molecule has 1 aromatic carbocycles. The molecule has 2 N–H and O–H groups in total. The Kier molecular flexibility index (Phi) is 14.2. The summed E-state index contributed by atoms with van der Waals surface area (Å²) in [5.41, 5.74) is 0.920. The number of carbonyl (C=O) groups is 2. The second-order valence-electron chi connectivity index (χ2n) is 11.2. The van der Waals surface area contributed by atoms with Gasteiger partial charge in [0.15, 0.2) is 0 Å². The third kappa shape index (κ3) is 10.2. The first-order chi connectivity index (χ1) is 20.7. The number of aromatic nitrogens is 1. The first-order valence-electron chi connectivity index (χ1n) is 14.8. The fourth-order valence-corrected chi connectivity index (χ4v) is 6.17. The molecule has 0 spiro atoms. The summed E-state index contributed by atoms with van der Waals surface area (Å²) in [6.07, 6.45) is 1.52. The molecule has 2 aromatic rings. The van der Waals surface area contributed by atoms with Gasteiger partial charge in [0.25, 0.3) is 0 Å². The molecule has 1 aromatic heterocycles. The maximum Gasteiger partial charge on any atom is 0.233 e. The number of aliphatic hydroxyl groups is 2. The molecule has 0 bridgehead atoms. The van der Waals surface area contributed by atoms with Crippen molar-refractivity contribution in [1.29, 1.82) is 0 Å². The molecule has 1 fully saturated rings. The number of benzene rings is 1. The third-order valence-corrected chi connectivity index (χ3v) is 8.94. The van der Waals surface area contributed by atoms with E-state index in [1.165, 1.54) is 25.8 Å². The predicted octanol–water partition coefficient (Wildman–Crippen LogP) is 3.42. The van der Waals surface area contributed by atoms with Crippen LogP contribution in [0, 0.1) is 11.8 Å². The Morgan fingerprint density at radius 2 is 1.86 bits per heavy atom. The van der Waals surface area contributed by atoms with E-state index in [1.807, 2.05) is 41.3 Å². The van der Waals surface area contributed by atoms with Crippen molar-refractivity contribution < 1.29 is 34.0 Å². The number of pyridine rings is 1. The first-order valence-corrected chi connectivity index (χ1v) is 15.8. The molecular formula is C32H47N3O7S. The smallest absolute Gasteiger partial charge is 0.233 e. The highest BCUT2D eigenvalue weighted by Crippen LogP contribution is 2.37. The number of aliphatic hydroxyl groups excluding tert-OH is 2. The average molecular weight is 618 g/mol. The van der Waals surface area contributed by atoms with Crippen LogP contribution in [-0.2, 0) is 19.1 Å². The molecule has 3 rings (SSSR count). The van der Waals surface area contributed by atoms with Crippen LogP contribution < -0.4 is 4.74 Å². The number of hydrogen-bond donors (Lipinski definition) is 2. The molecule has 1 aliphatic heterocycles. The van der Waals surface area contributed by atoms with Gasteiger partial charge in [-0.25, -0.2) is 0 Å². The van der Waals surface area contributed by atoms with Gasteiger partial charge in [0, 0.05) is 63.5 Å². The number of thioether (sulfide) groups is 1. The van der Waals surface area contributed by atoms with Crippen LogP contribution in [0.15, 0.2) is 53.7 Å². The minimum absolute atomic E-state index is 0.0134. The molecule has 5 atom stereocenters. The molecule has 2 heterocycles. The van der Waals surface area contributed by atoms with Crippen molar-refractivity contribution in [3.8, 4) is 5.75 Å². The van der Waals surface area contributed by atoms with E-state index < -0.39 is 18.3 Å². The van der Waals surface area contributed by atoms with E-state index in [0.29, 0.717) is 38.3 Å². The van der Waals surface area contributed by atoms with Gasteiger partial charge < -0.3 is 34.2 Å². The number of hydrogen-bond acceptors (Lipinski definition) is 9. The summed E-state index contributed by atoms with van der Waals surface area (Å²) in [5, 5.41) is 21.5. The van der Waals surface area contributed by atoms with Crippen molar-refractivity contribution in [2.45, 2.75) is 62.9 Å². The maximum absolute atomic E-state index is 14.1. The van der Waals surface area contributed by atoms with E-state index in [4.69, 9.17) is 14.2 Å². The number of carbonyl (C=O) groups excluding carboxylic acids is 2. The van der Waals surface area contributed by atoms with Gasteiger partial charge in [0.1, 0.15) is 24.1 Å². The quantitative estimate of drug-likeness (QED) is 0.450. The summed E-state index contributed by atoms with van der Waals surface area (Å²) in [6.45, 7) is 6.85. The van der Waals surface area contributed by atoms with E-state index in [-0.39, 0.29) is 48.6 Å². The van der Waals surface area contributed by atoms with E-state index in [9.17, 15) is 19.8 Å². The van der Waals surface area contributed by atoms with Crippen LogP contribution in [-0.4, -0.2) is 108 Å². The van der Waals surface area contributed by atoms with Crippen molar-refractivity contribution in [2.75, 3.05) is 52.8 Å². The van der Waals surface area contributed by atoms with Crippen molar-refractivity contribution >= 4 is 23.6 Å². The Morgan fingerprint density at radius 3 is 2.51 bits per heavy atom. The second kappa shape index (κ2) is 17.6. The number of amides is 2.